The second kappa shape index (κ2) is 13.5. The van der Waals surface area contributed by atoms with Gasteiger partial charge < -0.3 is 30.6 Å². The maximum atomic E-state index is 10.7. The molecule has 10 heteroatoms. The van der Waals surface area contributed by atoms with E-state index in [0.29, 0.717) is 0 Å². The molecular weight excluding hydrogens is 518 g/mol. The largest absolute Gasteiger partial charge is 3.00 e. The summed E-state index contributed by atoms with van der Waals surface area (Å²) in [5.41, 5.74) is -0.535. The minimum Gasteiger partial charge on any atom is -0.872 e. The van der Waals surface area contributed by atoms with E-state index >= 15 is 0 Å². The SMILES string of the molecule is O=C(O)c1ccccc1[O-].O=C(O)c1ccccc1[O-].O=C(O)c1ccccc1[O-].[Sb+3]. The molecule has 0 aliphatic carbocycles. The summed E-state index contributed by atoms with van der Waals surface area (Å²) in [5.74, 6) is -4.87. The van der Waals surface area contributed by atoms with Crippen molar-refractivity contribution in [3.63, 3.8) is 0 Å². The third-order valence-electron chi connectivity index (χ3n) is 3.35. The average Bonchev–Trinajstić information content (AvgIpc) is 2.69. The van der Waals surface area contributed by atoms with Crippen molar-refractivity contribution in [2.24, 2.45) is 0 Å². The van der Waals surface area contributed by atoms with Gasteiger partial charge >= 0.3 is 42.3 Å². The fourth-order valence-corrected chi connectivity index (χ4v) is 1.93. The van der Waals surface area contributed by atoms with Crippen molar-refractivity contribution >= 4 is 42.3 Å². The molecule has 0 aliphatic rings. The molecule has 0 fully saturated rings. The van der Waals surface area contributed by atoms with E-state index in [1.165, 1.54) is 72.8 Å². The van der Waals surface area contributed by atoms with Crippen LogP contribution >= 0.6 is 0 Å². The van der Waals surface area contributed by atoms with Crippen LogP contribution in [-0.4, -0.2) is 57.7 Å². The quantitative estimate of drug-likeness (QED) is 0.414. The summed E-state index contributed by atoms with van der Waals surface area (Å²) in [6.45, 7) is 0. The fourth-order valence-electron chi connectivity index (χ4n) is 1.93. The summed E-state index contributed by atoms with van der Waals surface area (Å²) in [6.07, 6.45) is 0. The predicted octanol–water partition coefficient (Wildman–Crippen LogP) is 0.994. The third kappa shape index (κ3) is 9.10. The van der Waals surface area contributed by atoms with Crippen molar-refractivity contribution in [3.05, 3.63) is 89.5 Å². The second-order valence-corrected chi connectivity index (χ2v) is 5.40. The van der Waals surface area contributed by atoms with Gasteiger partial charge in [0.15, 0.2) is 0 Å². The molecule has 2 radical (unpaired) electrons. The molecule has 0 saturated heterocycles. The molecular formula is C21H15O9Sb. The average molecular weight is 533 g/mol. The summed E-state index contributed by atoms with van der Waals surface area (Å²) in [4.78, 5) is 30.7. The summed E-state index contributed by atoms with van der Waals surface area (Å²) < 4.78 is 0. The van der Waals surface area contributed by atoms with Crippen molar-refractivity contribution in [2.75, 3.05) is 0 Å². The Kier molecular flexibility index (Phi) is 11.9. The monoisotopic (exact) mass is 532 g/mol. The number of aromatic carboxylic acids is 3. The van der Waals surface area contributed by atoms with Crippen molar-refractivity contribution in [1.29, 1.82) is 0 Å². The van der Waals surface area contributed by atoms with Crippen LogP contribution in [0.2, 0.25) is 0 Å². The second-order valence-electron chi connectivity index (χ2n) is 5.40. The number of rotatable bonds is 3. The molecule has 0 aliphatic heterocycles. The van der Waals surface area contributed by atoms with E-state index < -0.39 is 35.2 Å². The molecule has 3 N–H and O–H groups in total. The standard InChI is InChI=1S/3C7H6O3.Sb/c3*8-6-4-2-1-3-5(6)7(9)10;/h3*1-4,8H,(H,9,10);/q;;;+3/p-3. The molecule has 0 aromatic heterocycles. The smallest absolute Gasteiger partial charge is 0.872 e. The van der Waals surface area contributed by atoms with Gasteiger partial charge in [-0.15, -0.1) is 0 Å². The van der Waals surface area contributed by atoms with E-state index in [4.69, 9.17) is 15.3 Å². The van der Waals surface area contributed by atoms with Crippen LogP contribution in [0.4, 0.5) is 0 Å². The molecule has 0 heterocycles. The summed E-state index contributed by atoms with van der Waals surface area (Å²) >= 11 is 0. The number of carboxylic acid groups (broad SMARTS) is 3. The van der Waals surface area contributed by atoms with Crippen LogP contribution in [0.25, 0.3) is 0 Å². The first-order chi connectivity index (χ1) is 14.1. The third-order valence-corrected chi connectivity index (χ3v) is 3.35. The maximum Gasteiger partial charge on any atom is 3.00 e. The van der Waals surface area contributed by atoms with Gasteiger partial charge in [0, 0.05) is 0 Å². The summed E-state index contributed by atoms with van der Waals surface area (Å²) in [7, 11) is 0. The van der Waals surface area contributed by atoms with E-state index in [-0.39, 0.29) is 41.1 Å². The molecule has 158 valence electrons. The first kappa shape index (κ1) is 27.3. The fraction of sp³-hybridized carbons (Fsp3) is 0. The van der Waals surface area contributed by atoms with Crippen LogP contribution in [0.3, 0.4) is 0 Å². The minimum atomic E-state index is -1.18. The zero-order chi connectivity index (χ0) is 22.7. The first-order valence-corrected chi connectivity index (χ1v) is 8.13. The van der Waals surface area contributed by atoms with Gasteiger partial charge in [-0.1, -0.05) is 71.8 Å². The number of carboxylic acids is 3. The predicted molar refractivity (Wildman–Crippen MR) is 104 cm³/mol. The van der Waals surface area contributed by atoms with Crippen LogP contribution in [-0.2, 0) is 0 Å². The van der Waals surface area contributed by atoms with E-state index in [1.54, 1.807) is 0 Å². The number of hydrogen-bond acceptors (Lipinski definition) is 6. The molecule has 0 spiro atoms. The van der Waals surface area contributed by atoms with Gasteiger partial charge in [-0.25, -0.2) is 14.4 Å². The van der Waals surface area contributed by atoms with Gasteiger partial charge in [0.25, 0.3) is 0 Å². The van der Waals surface area contributed by atoms with Crippen LogP contribution in [0.1, 0.15) is 31.1 Å². The molecule has 0 unspecified atom stereocenters. The molecule has 0 bridgehead atoms. The molecule has 9 nitrogen and oxygen atoms in total. The topological polar surface area (TPSA) is 181 Å². The van der Waals surface area contributed by atoms with E-state index in [2.05, 4.69) is 0 Å². The summed E-state index contributed by atoms with van der Waals surface area (Å²) in [6, 6.07) is 16.6. The Morgan fingerprint density at radius 1 is 0.484 bits per heavy atom. The molecule has 3 rings (SSSR count). The molecule has 0 amide bonds. The molecule has 3 aromatic carbocycles. The van der Waals surface area contributed by atoms with Crippen LogP contribution in [0, 0.1) is 0 Å². The Morgan fingerprint density at radius 2 is 0.677 bits per heavy atom. The molecule has 3 aromatic rings. The van der Waals surface area contributed by atoms with Crippen molar-refractivity contribution < 1.29 is 45.0 Å². The Hall–Kier alpha value is -3.71. The molecule has 31 heavy (non-hydrogen) atoms. The van der Waals surface area contributed by atoms with Gasteiger partial charge in [-0.3, -0.25) is 0 Å². The Morgan fingerprint density at radius 3 is 0.806 bits per heavy atom. The van der Waals surface area contributed by atoms with Gasteiger partial charge in [-0.05, 0) is 18.2 Å². The van der Waals surface area contributed by atoms with Crippen LogP contribution in [0.5, 0.6) is 17.2 Å². The normalized spacial score (nSPS) is 8.90. The molecule has 0 saturated carbocycles. The number of carbonyl (C=O) groups is 3. The first-order valence-electron chi connectivity index (χ1n) is 8.13. The number of hydrogen-bond donors (Lipinski definition) is 3. The molecule has 0 atom stereocenters. The van der Waals surface area contributed by atoms with Crippen molar-refractivity contribution in [3.8, 4) is 17.2 Å². The van der Waals surface area contributed by atoms with Crippen molar-refractivity contribution in [1.82, 2.24) is 0 Å². The van der Waals surface area contributed by atoms with Gasteiger partial charge in [0.05, 0.1) is 16.7 Å². The minimum absolute atomic E-state index is 0. The van der Waals surface area contributed by atoms with E-state index in [0.717, 1.165) is 0 Å². The number of benzene rings is 3. The Bertz CT molecular complexity index is 903. The Labute approximate surface area is 193 Å². The maximum absolute atomic E-state index is 10.7. The van der Waals surface area contributed by atoms with Gasteiger partial charge in [0.2, 0.25) is 0 Å². The van der Waals surface area contributed by atoms with Crippen LogP contribution < -0.4 is 15.3 Å². The zero-order valence-electron chi connectivity index (χ0n) is 15.7. The number of para-hydroxylation sites is 3. The van der Waals surface area contributed by atoms with E-state index in [1.807, 2.05) is 0 Å². The van der Waals surface area contributed by atoms with Crippen LogP contribution in [0.15, 0.2) is 72.8 Å². The van der Waals surface area contributed by atoms with Gasteiger partial charge in [0.1, 0.15) is 0 Å². The van der Waals surface area contributed by atoms with Gasteiger partial charge in [-0.2, -0.15) is 0 Å². The van der Waals surface area contributed by atoms with Crippen molar-refractivity contribution in [2.45, 2.75) is 0 Å². The summed E-state index contributed by atoms with van der Waals surface area (Å²) in [5, 5.41) is 57.1. The van der Waals surface area contributed by atoms with E-state index in [9.17, 15) is 29.7 Å². The zero-order valence-corrected chi connectivity index (χ0v) is 18.2. The Balaban J connectivity index is 0.000000429.